The second-order valence-electron chi connectivity index (χ2n) is 4.03. The molecule has 70 valence electrons. The maximum absolute atomic E-state index is 5.87. The molecular weight excluding hydrogens is 160 g/mol. The molecule has 2 N–H and O–H groups in total. The lowest BCUT2D eigenvalue weighted by molar-refractivity contribution is 0.661. The van der Waals surface area contributed by atoms with Crippen molar-refractivity contribution in [2.24, 2.45) is 5.73 Å². The van der Waals surface area contributed by atoms with Crippen LogP contribution in [0.4, 0.5) is 0 Å². The van der Waals surface area contributed by atoms with Crippen LogP contribution in [0.2, 0.25) is 0 Å². The van der Waals surface area contributed by atoms with E-state index in [9.17, 15) is 0 Å². The summed E-state index contributed by atoms with van der Waals surface area (Å²) in [5.74, 6) is 0.606. The summed E-state index contributed by atoms with van der Waals surface area (Å²) in [5, 5.41) is 0. The maximum atomic E-state index is 5.87. The molecule has 1 aliphatic rings. The molecule has 2 heteroatoms. The Kier molecular flexibility index (Phi) is 2.32. The van der Waals surface area contributed by atoms with Crippen molar-refractivity contribution in [3.8, 4) is 0 Å². The lowest BCUT2D eigenvalue weighted by Gasteiger charge is -2.08. The van der Waals surface area contributed by atoms with Gasteiger partial charge in [-0.15, -0.1) is 0 Å². The van der Waals surface area contributed by atoms with Crippen molar-refractivity contribution < 1.29 is 0 Å². The summed E-state index contributed by atoms with van der Waals surface area (Å²) in [4.78, 5) is 4.40. The zero-order chi connectivity index (χ0) is 9.26. The molecule has 0 aromatic carbocycles. The Morgan fingerprint density at radius 1 is 1.46 bits per heavy atom. The van der Waals surface area contributed by atoms with Crippen LogP contribution in [0.15, 0.2) is 18.3 Å². The van der Waals surface area contributed by atoms with E-state index in [1.54, 1.807) is 0 Å². The third-order valence-corrected chi connectivity index (χ3v) is 2.83. The number of rotatable bonds is 1. The van der Waals surface area contributed by atoms with Gasteiger partial charge in [0.2, 0.25) is 0 Å². The van der Waals surface area contributed by atoms with Crippen molar-refractivity contribution in [3.63, 3.8) is 0 Å². The highest BCUT2D eigenvalue weighted by atomic mass is 14.7. The van der Waals surface area contributed by atoms with Crippen LogP contribution < -0.4 is 5.73 Å². The topological polar surface area (TPSA) is 38.9 Å². The minimum atomic E-state index is 0.396. The fourth-order valence-electron chi connectivity index (χ4n) is 2.07. The number of nitrogens with two attached hydrogens (primary N) is 1. The fraction of sp³-hybridized carbons (Fsp3) is 0.545. The first-order valence-electron chi connectivity index (χ1n) is 4.94. The summed E-state index contributed by atoms with van der Waals surface area (Å²) < 4.78 is 0. The van der Waals surface area contributed by atoms with Gasteiger partial charge in [0.25, 0.3) is 0 Å². The van der Waals surface area contributed by atoms with Gasteiger partial charge in [0.05, 0.1) is 0 Å². The smallest absolute Gasteiger partial charge is 0.0437 e. The molecule has 2 rings (SSSR count). The van der Waals surface area contributed by atoms with Gasteiger partial charge in [-0.1, -0.05) is 0 Å². The van der Waals surface area contributed by atoms with Crippen molar-refractivity contribution in [1.29, 1.82) is 0 Å². The standard InChI is InChI=1S/C11H16N2/c1-8-4-5-13-11(6-8)9-2-3-10(12)7-9/h4-6,9-10H,2-3,7,12H2,1H3. The van der Waals surface area contributed by atoms with E-state index < -0.39 is 0 Å². The number of hydrogen-bond acceptors (Lipinski definition) is 2. The minimum Gasteiger partial charge on any atom is -0.328 e. The van der Waals surface area contributed by atoms with Crippen LogP contribution in [0.1, 0.15) is 36.4 Å². The highest BCUT2D eigenvalue weighted by molar-refractivity contribution is 5.18. The van der Waals surface area contributed by atoms with Crippen LogP contribution in [-0.4, -0.2) is 11.0 Å². The molecule has 0 saturated heterocycles. The monoisotopic (exact) mass is 176 g/mol. The highest BCUT2D eigenvalue weighted by Crippen LogP contribution is 2.32. The van der Waals surface area contributed by atoms with Crippen LogP contribution in [0.25, 0.3) is 0 Å². The first kappa shape index (κ1) is 8.70. The second kappa shape index (κ2) is 3.46. The van der Waals surface area contributed by atoms with E-state index in [4.69, 9.17) is 5.73 Å². The zero-order valence-electron chi connectivity index (χ0n) is 8.03. The predicted octanol–water partition coefficient (Wildman–Crippen LogP) is 1.98. The Bertz CT molecular complexity index is 296. The number of nitrogens with zero attached hydrogens (tertiary/aromatic N) is 1. The largest absolute Gasteiger partial charge is 0.328 e. The van der Waals surface area contributed by atoms with Crippen LogP contribution >= 0.6 is 0 Å². The van der Waals surface area contributed by atoms with Crippen molar-refractivity contribution in [1.82, 2.24) is 4.98 Å². The van der Waals surface area contributed by atoms with Gasteiger partial charge in [0, 0.05) is 23.9 Å². The van der Waals surface area contributed by atoms with Gasteiger partial charge >= 0.3 is 0 Å². The molecule has 0 spiro atoms. The quantitative estimate of drug-likeness (QED) is 0.710. The molecule has 2 atom stereocenters. The van der Waals surface area contributed by atoms with Gasteiger partial charge < -0.3 is 5.73 Å². The molecule has 1 aromatic heterocycles. The third-order valence-electron chi connectivity index (χ3n) is 2.83. The molecule has 0 radical (unpaired) electrons. The van der Waals surface area contributed by atoms with Crippen LogP contribution in [-0.2, 0) is 0 Å². The summed E-state index contributed by atoms with van der Waals surface area (Å²) in [7, 11) is 0. The van der Waals surface area contributed by atoms with E-state index in [0.29, 0.717) is 12.0 Å². The predicted molar refractivity (Wildman–Crippen MR) is 53.5 cm³/mol. The van der Waals surface area contributed by atoms with E-state index >= 15 is 0 Å². The Morgan fingerprint density at radius 2 is 2.31 bits per heavy atom. The second-order valence-corrected chi connectivity index (χ2v) is 4.03. The number of aryl methyl sites for hydroxylation is 1. The summed E-state index contributed by atoms with van der Waals surface area (Å²) >= 11 is 0. The van der Waals surface area contributed by atoms with Gasteiger partial charge in [0.15, 0.2) is 0 Å². The molecule has 0 aliphatic heterocycles. The van der Waals surface area contributed by atoms with E-state index in [1.165, 1.54) is 17.7 Å². The molecular formula is C11H16N2. The maximum Gasteiger partial charge on any atom is 0.0437 e. The van der Waals surface area contributed by atoms with E-state index in [0.717, 1.165) is 12.8 Å². The molecule has 1 heterocycles. The molecule has 2 nitrogen and oxygen atoms in total. The van der Waals surface area contributed by atoms with E-state index in [1.807, 2.05) is 12.3 Å². The van der Waals surface area contributed by atoms with Crippen LogP contribution in [0.5, 0.6) is 0 Å². The molecule has 13 heavy (non-hydrogen) atoms. The van der Waals surface area contributed by atoms with Gasteiger partial charge in [-0.2, -0.15) is 0 Å². The van der Waals surface area contributed by atoms with Crippen molar-refractivity contribution in [2.75, 3.05) is 0 Å². The fourth-order valence-corrected chi connectivity index (χ4v) is 2.07. The summed E-state index contributed by atoms with van der Waals surface area (Å²) in [6, 6.07) is 4.62. The normalized spacial score (nSPS) is 27.8. The highest BCUT2D eigenvalue weighted by Gasteiger charge is 2.23. The molecule has 1 fully saturated rings. The molecule has 1 saturated carbocycles. The zero-order valence-corrected chi connectivity index (χ0v) is 8.03. The first-order valence-corrected chi connectivity index (χ1v) is 4.94. The van der Waals surface area contributed by atoms with E-state index in [2.05, 4.69) is 18.0 Å². The Hall–Kier alpha value is -0.890. The average Bonchev–Trinajstić information content (AvgIpc) is 2.52. The first-order chi connectivity index (χ1) is 6.25. The van der Waals surface area contributed by atoms with Crippen molar-refractivity contribution >= 4 is 0 Å². The summed E-state index contributed by atoms with van der Waals surface area (Å²) in [6.07, 6.45) is 5.36. The lowest BCUT2D eigenvalue weighted by atomic mass is 10.0. The summed E-state index contributed by atoms with van der Waals surface area (Å²) in [6.45, 7) is 2.11. The average molecular weight is 176 g/mol. The number of pyridine rings is 1. The summed E-state index contributed by atoms with van der Waals surface area (Å²) in [5.41, 5.74) is 8.40. The minimum absolute atomic E-state index is 0.396. The van der Waals surface area contributed by atoms with Crippen LogP contribution in [0.3, 0.4) is 0 Å². The molecule has 0 bridgehead atoms. The van der Waals surface area contributed by atoms with Gasteiger partial charge in [0.1, 0.15) is 0 Å². The Labute approximate surface area is 79.2 Å². The van der Waals surface area contributed by atoms with Crippen LogP contribution in [0, 0.1) is 6.92 Å². The molecule has 1 aliphatic carbocycles. The SMILES string of the molecule is Cc1ccnc(C2CCC(N)C2)c1. The Balaban J connectivity index is 2.16. The molecule has 2 unspecified atom stereocenters. The van der Waals surface area contributed by atoms with Gasteiger partial charge in [-0.3, -0.25) is 4.98 Å². The molecule has 1 aromatic rings. The molecule has 0 amide bonds. The van der Waals surface area contributed by atoms with Gasteiger partial charge in [-0.25, -0.2) is 0 Å². The third kappa shape index (κ3) is 1.89. The van der Waals surface area contributed by atoms with Gasteiger partial charge in [-0.05, 0) is 43.9 Å². The van der Waals surface area contributed by atoms with Crippen molar-refractivity contribution in [3.05, 3.63) is 29.6 Å². The number of aromatic nitrogens is 1. The van der Waals surface area contributed by atoms with E-state index in [-0.39, 0.29) is 0 Å². The lowest BCUT2D eigenvalue weighted by Crippen LogP contribution is -2.14. The Morgan fingerprint density at radius 3 is 2.92 bits per heavy atom. The number of hydrogen-bond donors (Lipinski definition) is 1. The van der Waals surface area contributed by atoms with Crippen molar-refractivity contribution in [2.45, 2.75) is 38.1 Å².